The maximum absolute atomic E-state index is 13.5. The second kappa shape index (κ2) is 4.92. The van der Waals surface area contributed by atoms with Crippen LogP contribution in [0.5, 0.6) is 0 Å². The van der Waals surface area contributed by atoms with Gasteiger partial charge in [0.05, 0.1) is 6.20 Å². The van der Waals surface area contributed by atoms with Gasteiger partial charge in [-0.3, -0.25) is 5.43 Å². The maximum Gasteiger partial charge on any atom is 0.239 e. The molecule has 0 amide bonds. The van der Waals surface area contributed by atoms with E-state index in [4.69, 9.17) is 5.84 Å². The summed E-state index contributed by atoms with van der Waals surface area (Å²) < 4.78 is 26.4. The normalized spacial score (nSPS) is 10.2. The van der Waals surface area contributed by atoms with Gasteiger partial charge < -0.3 is 5.32 Å². The van der Waals surface area contributed by atoms with Gasteiger partial charge in [-0.1, -0.05) is 0 Å². The van der Waals surface area contributed by atoms with Crippen LogP contribution in [0.25, 0.3) is 0 Å². The van der Waals surface area contributed by atoms with Crippen molar-refractivity contribution < 1.29 is 8.78 Å². The van der Waals surface area contributed by atoms with Gasteiger partial charge in [0.15, 0.2) is 11.6 Å². The molecule has 0 unspecified atom stereocenters. The summed E-state index contributed by atoms with van der Waals surface area (Å²) in [5.41, 5.74) is 3.40. The third kappa shape index (κ3) is 2.51. The fourth-order valence-corrected chi connectivity index (χ4v) is 1.42. The lowest BCUT2D eigenvalue weighted by molar-refractivity contribution is 0.619. The van der Waals surface area contributed by atoms with Crippen molar-refractivity contribution in [2.24, 2.45) is 5.84 Å². The zero-order chi connectivity index (χ0) is 13.1. The smallest absolute Gasteiger partial charge is 0.239 e. The Morgan fingerprint density at radius 3 is 2.72 bits per heavy atom. The van der Waals surface area contributed by atoms with Gasteiger partial charge in [-0.2, -0.15) is 4.98 Å². The van der Waals surface area contributed by atoms with Crippen molar-refractivity contribution in [3.8, 4) is 0 Å². The summed E-state index contributed by atoms with van der Waals surface area (Å²) in [5.74, 6) is 4.20. The molecule has 0 radical (unpaired) electrons. The molecule has 1 aromatic heterocycles. The Morgan fingerprint density at radius 2 is 2.06 bits per heavy atom. The van der Waals surface area contributed by atoms with Crippen molar-refractivity contribution in [1.82, 2.24) is 9.97 Å². The number of halogens is 2. The monoisotopic (exact) mass is 251 g/mol. The average molecular weight is 251 g/mol. The van der Waals surface area contributed by atoms with Crippen LogP contribution >= 0.6 is 0 Å². The highest BCUT2D eigenvalue weighted by molar-refractivity contribution is 5.61. The summed E-state index contributed by atoms with van der Waals surface area (Å²) in [6, 6.07) is 4.11. The number of hydrogen-bond acceptors (Lipinski definition) is 5. The molecule has 2 rings (SSSR count). The first kappa shape index (κ1) is 12.2. The van der Waals surface area contributed by atoms with E-state index in [0.29, 0.717) is 11.3 Å². The molecule has 1 heterocycles. The minimum absolute atomic E-state index is 0.0346. The van der Waals surface area contributed by atoms with Gasteiger partial charge in [0.2, 0.25) is 5.95 Å². The second-order valence-electron chi connectivity index (χ2n) is 3.62. The largest absolute Gasteiger partial charge is 0.337 e. The van der Waals surface area contributed by atoms with E-state index in [1.165, 1.54) is 18.2 Å². The number of hydrogen-bond donors (Lipinski definition) is 3. The number of aryl methyl sites for hydroxylation is 1. The standard InChI is InChI=1S/C11H11F2N5/c1-6-4-7(12)2-3-9(6)16-10-8(13)5-15-11(17-10)18-14/h2-5H,14H2,1H3,(H2,15,16,17,18). The van der Waals surface area contributed by atoms with Crippen LogP contribution in [-0.4, -0.2) is 9.97 Å². The molecule has 0 spiro atoms. The Balaban J connectivity index is 2.33. The van der Waals surface area contributed by atoms with Crippen LogP contribution in [-0.2, 0) is 0 Å². The number of nitrogen functional groups attached to an aromatic ring is 1. The number of nitrogens with one attached hydrogen (secondary N) is 2. The first-order valence-electron chi connectivity index (χ1n) is 5.12. The molecule has 0 fully saturated rings. The van der Waals surface area contributed by atoms with Crippen LogP contribution < -0.4 is 16.6 Å². The van der Waals surface area contributed by atoms with Crippen molar-refractivity contribution >= 4 is 17.5 Å². The number of anilines is 3. The first-order chi connectivity index (χ1) is 8.60. The summed E-state index contributed by atoms with van der Waals surface area (Å²) in [7, 11) is 0. The van der Waals surface area contributed by atoms with Gasteiger partial charge in [0, 0.05) is 5.69 Å². The topological polar surface area (TPSA) is 75.9 Å². The van der Waals surface area contributed by atoms with Gasteiger partial charge in [0.25, 0.3) is 0 Å². The van der Waals surface area contributed by atoms with E-state index in [1.54, 1.807) is 6.92 Å². The number of aromatic nitrogens is 2. The second-order valence-corrected chi connectivity index (χ2v) is 3.62. The van der Waals surface area contributed by atoms with Crippen LogP contribution in [0.1, 0.15) is 5.56 Å². The van der Waals surface area contributed by atoms with E-state index >= 15 is 0 Å². The molecule has 0 aliphatic rings. The van der Waals surface area contributed by atoms with Crippen molar-refractivity contribution in [2.45, 2.75) is 6.92 Å². The van der Waals surface area contributed by atoms with Crippen LogP contribution in [0.15, 0.2) is 24.4 Å². The number of rotatable bonds is 3. The first-order valence-corrected chi connectivity index (χ1v) is 5.12. The highest BCUT2D eigenvalue weighted by atomic mass is 19.1. The molecule has 0 aliphatic heterocycles. The Bertz CT molecular complexity index is 573. The van der Waals surface area contributed by atoms with E-state index in [1.807, 2.05) is 0 Å². The SMILES string of the molecule is Cc1cc(F)ccc1Nc1nc(NN)ncc1F. The minimum Gasteiger partial charge on any atom is -0.337 e. The molecule has 0 aliphatic carbocycles. The van der Waals surface area contributed by atoms with Crippen LogP contribution in [0.3, 0.4) is 0 Å². The van der Waals surface area contributed by atoms with E-state index < -0.39 is 5.82 Å². The molecule has 5 nitrogen and oxygen atoms in total. The van der Waals surface area contributed by atoms with Crippen LogP contribution in [0.4, 0.5) is 26.2 Å². The van der Waals surface area contributed by atoms with E-state index in [0.717, 1.165) is 6.20 Å². The van der Waals surface area contributed by atoms with Crippen molar-refractivity contribution in [1.29, 1.82) is 0 Å². The van der Waals surface area contributed by atoms with Gasteiger partial charge in [-0.15, -0.1) is 0 Å². The van der Waals surface area contributed by atoms with Gasteiger partial charge >= 0.3 is 0 Å². The summed E-state index contributed by atoms with van der Waals surface area (Å²) in [6.45, 7) is 1.70. The highest BCUT2D eigenvalue weighted by Gasteiger charge is 2.08. The molecule has 0 saturated heterocycles. The fourth-order valence-electron chi connectivity index (χ4n) is 1.42. The minimum atomic E-state index is -0.627. The summed E-state index contributed by atoms with van der Waals surface area (Å²) in [6.07, 6.45) is 0.989. The number of nitrogens with two attached hydrogens (primary N) is 1. The lowest BCUT2D eigenvalue weighted by Crippen LogP contribution is -2.12. The maximum atomic E-state index is 13.5. The van der Waals surface area contributed by atoms with E-state index in [9.17, 15) is 8.78 Å². The summed E-state index contributed by atoms with van der Waals surface area (Å²) in [4.78, 5) is 7.44. The van der Waals surface area contributed by atoms with E-state index in [2.05, 4.69) is 20.7 Å². The predicted octanol–water partition coefficient (Wildman–Crippen LogP) is 2.09. The van der Waals surface area contributed by atoms with Gasteiger partial charge in [-0.05, 0) is 30.7 Å². The lowest BCUT2D eigenvalue weighted by Gasteiger charge is -2.10. The summed E-state index contributed by atoms with van der Waals surface area (Å²) >= 11 is 0. The molecule has 4 N–H and O–H groups in total. The average Bonchev–Trinajstić information content (AvgIpc) is 2.35. The zero-order valence-electron chi connectivity index (χ0n) is 9.54. The van der Waals surface area contributed by atoms with E-state index in [-0.39, 0.29) is 17.6 Å². The van der Waals surface area contributed by atoms with Crippen LogP contribution in [0, 0.1) is 18.6 Å². The summed E-state index contributed by atoms with van der Waals surface area (Å²) in [5, 5.41) is 2.75. The van der Waals surface area contributed by atoms with Crippen molar-refractivity contribution in [3.05, 3.63) is 41.6 Å². The molecule has 0 atom stereocenters. The molecule has 94 valence electrons. The third-order valence-electron chi connectivity index (χ3n) is 2.31. The number of benzene rings is 1. The molecule has 2 aromatic rings. The number of nitrogens with zero attached hydrogens (tertiary/aromatic N) is 2. The molecule has 0 saturated carbocycles. The van der Waals surface area contributed by atoms with Crippen molar-refractivity contribution in [3.63, 3.8) is 0 Å². The predicted molar refractivity (Wildman–Crippen MR) is 64.2 cm³/mol. The molecule has 18 heavy (non-hydrogen) atoms. The Kier molecular flexibility index (Phi) is 3.33. The zero-order valence-corrected chi connectivity index (χ0v) is 9.54. The third-order valence-corrected chi connectivity index (χ3v) is 2.31. The molecule has 7 heteroatoms. The Labute approximate surface area is 102 Å². The fraction of sp³-hybridized carbons (Fsp3) is 0.0909. The Hall–Kier alpha value is -2.28. The molecule has 1 aromatic carbocycles. The number of hydrazine groups is 1. The molecular formula is C11H11F2N5. The lowest BCUT2D eigenvalue weighted by atomic mass is 10.2. The Morgan fingerprint density at radius 1 is 1.28 bits per heavy atom. The van der Waals surface area contributed by atoms with Gasteiger partial charge in [0.1, 0.15) is 5.82 Å². The highest BCUT2D eigenvalue weighted by Crippen LogP contribution is 2.22. The molecular weight excluding hydrogens is 240 g/mol. The molecule has 0 bridgehead atoms. The van der Waals surface area contributed by atoms with Crippen LogP contribution in [0.2, 0.25) is 0 Å². The van der Waals surface area contributed by atoms with Gasteiger partial charge in [-0.25, -0.2) is 19.6 Å². The quantitative estimate of drug-likeness (QED) is 0.575. The van der Waals surface area contributed by atoms with Crippen molar-refractivity contribution in [2.75, 3.05) is 10.7 Å².